The number of nitrogens with zero attached hydrogens (tertiary/aromatic N) is 1. The second-order valence-corrected chi connectivity index (χ2v) is 6.77. The van der Waals surface area contributed by atoms with Crippen molar-refractivity contribution in [3.05, 3.63) is 78.4 Å². The molecule has 1 atom stereocenters. The van der Waals surface area contributed by atoms with Crippen molar-refractivity contribution in [2.24, 2.45) is 0 Å². The van der Waals surface area contributed by atoms with Gasteiger partial charge in [0.15, 0.2) is 0 Å². The Labute approximate surface area is 158 Å². The van der Waals surface area contributed by atoms with Crippen molar-refractivity contribution in [1.82, 2.24) is 4.57 Å². The van der Waals surface area contributed by atoms with Gasteiger partial charge in [0.1, 0.15) is 5.75 Å². The Hall–Kier alpha value is -3.40. The molecular weight excluding hydrogens is 334 g/mol. The first-order chi connectivity index (χ1) is 13.3. The highest BCUT2D eigenvalue weighted by Gasteiger charge is 2.29. The van der Waals surface area contributed by atoms with Crippen molar-refractivity contribution in [2.75, 3.05) is 24.7 Å². The van der Waals surface area contributed by atoms with Crippen LogP contribution in [-0.2, 0) is 0 Å². The number of hydrogen-bond acceptors (Lipinski definition) is 3. The molecular formula is C23H21N3O. The molecule has 0 bridgehead atoms. The SMILES string of the molecule is CNc1ccc2c(c1)OC(c1ccccc1)n1c-2cc2cc(NC)ccc21. The standard InChI is InChI=1S/C23H21N3O/c1-24-17-9-11-20-16(12-17)13-21-19-10-8-18(25-2)14-22(19)27-23(26(20)21)15-6-4-3-5-7-15/h3-14,23-25H,1-2H3. The maximum absolute atomic E-state index is 6.52. The molecule has 4 aromatic rings. The van der Waals surface area contributed by atoms with E-state index in [0.29, 0.717) is 0 Å². The Morgan fingerprint density at radius 3 is 2.33 bits per heavy atom. The van der Waals surface area contributed by atoms with E-state index < -0.39 is 0 Å². The normalized spacial score (nSPS) is 15.0. The lowest BCUT2D eigenvalue weighted by Crippen LogP contribution is -2.22. The summed E-state index contributed by atoms with van der Waals surface area (Å²) in [7, 11) is 3.87. The van der Waals surface area contributed by atoms with Gasteiger partial charge < -0.3 is 19.9 Å². The molecule has 0 fully saturated rings. The fourth-order valence-corrected chi connectivity index (χ4v) is 3.85. The van der Waals surface area contributed by atoms with Crippen LogP contribution in [0, 0.1) is 0 Å². The van der Waals surface area contributed by atoms with Gasteiger partial charge in [0, 0.05) is 48.0 Å². The van der Waals surface area contributed by atoms with Gasteiger partial charge in [-0.2, -0.15) is 0 Å². The van der Waals surface area contributed by atoms with Crippen LogP contribution in [-0.4, -0.2) is 18.7 Å². The van der Waals surface area contributed by atoms with E-state index in [0.717, 1.165) is 28.3 Å². The fraction of sp³-hybridized carbons (Fsp3) is 0.130. The minimum Gasteiger partial charge on any atom is -0.465 e. The molecule has 0 amide bonds. The lowest BCUT2D eigenvalue weighted by Gasteiger charge is -2.30. The molecule has 1 aliphatic rings. The van der Waals surface area contributed by atoms with Crippen molar-refractivity contribution in [2.45, 2.75) is 6.23 Å². The number of ether oxygens (including phenoxy) is 1. The number of rotatable bonds is 3. The summed E-state index contributed by atoms with van der Waals surface area (Å²) in [6.45, 7) is 0. The van der Waals surface area contributed by atoms with Gasteiger partial charge in [0.25, 0.3) is 0 Å². The first-order valence-electron chi connectivity index (χ1n) is 9.15. The van der Waals surface area contributed by atoms with Crippen LogP contribution in [0.25, 0.3) is 22.2 Å². The van der Waals surface area contributed by atoms with E-state index in [2.05, 4.69) is 81.9 Å². The van der Waals surface area contributed by atoms with Crippen LogP contribution in [0.5, 0.6) is 5.75 Å². The van der Waals surface area contributed by atoms with Crippen molar-refractivity contribution >= 4 is 22.3 Å². The number of anilines is 2. The van der Waals surface area contributed by atoms with Crippen molar-refractivity contribution < 1.29 is 4.74 Å². The number of fused-ring (bicyclic) bond motifs is 5. The Morgan fingerprint density at radius 2 is 1.56 bits per heavy atom. The molecule has 1 aromatic heterocycles. The predicted molar refractivity (Wildman–Crippen MR) is 112 cm³/mol. The predicted octanol–water partition coefficient (Wildman–Crippen LogP) is 5.33. The third-order valence-electron chi connectivity index (χ3n) is 5.23. The quantitative estimate of drug-likeness (QED) is 0.521. The van der Waals surface area contributed by atoms with Gasteiger partial charge in [-0.15, -0.1) is 0 Å². The number of nitrogens with one attached hydrogen (secondary N) is 2. The van der Waals surface area contributed by atoms with Crippen LogP contribution in [0.1, 0.15) is 11.8 Å². The molecule has 0 spiro atoms. The molecule has 0 radical (unpaired) electrons. The molecule has 0 saturated heterocycles. The molecule has 1 aliphatic heterocycles. The molecule has 5 rings (SSSR count). The fourth-order valence-electron chi connectivity index (χ4n) is 3.85. The smallest absolute Gasteiger partial charge is 0.203 e. The molecule has 27 heavy (non-hydrogen) atoms. The van der Waals surface area contributed by atoms with Crippen molar-refractivity contribution in [3.63, 3.8) is 0 Å². The van der Waals surface area contributed by atoms with Crippen LogP contribution in [0.15, 0.2) is 72.8 Å². The van der Waals surface area contributed by atoms with Gasteiger partial charge in [-0.3, -0.25) is 0 Å². The molecule has 0 saturated carbocycles. The maximum atomic E-state index is 6.52. The summed E-state index contributed by atoms with van der Waals surface area (Å²) in [5.41, 5.74) is 6.74. The second-order valence-electron chi connectivity index (χ2n) is 6.77. The zero-order valence-electron chi connectivity index (χ0n) is 15.4. The molecule has 4 heteroatoms. The average Bonchev–Trinajstić information content (AvgIpc) is 3.12. The van der Waals surface area contributed by atoms with E-state index in [1.807, 2.05) is 20.2 Å². The van der Waals surface area contributed by atoms with Crippen LogP contribution < -0.4 is 15.4 Å². The molecule has 4 nitrogen and oxygen atoms in total. The highest BCUT2D eigenvalue weighted by Crippen LogP contribution is 2.45. The van der Waals surface area contributed by atoms with Crippen LogP contribution >= 0.6 is 0 Å². The number of hydrogen-bond donors (Lipinski definition) is 2. The number of aromatic nitrogens is 1. The number of benzene rings is 3. The average molecular weight is 355 g/mol. The third-order valence-corrected chi connectivity index (χ3v) is 5.23. The molecule has 1 unspecified atom stereocenters. The van der Waals surface area contributed by atoms with Gasteiger partial charge >= 0.3 is 0 Å². The molecule has 2 N–H and O–H groups in total. The summed E-state index contributed by atoms with van der Waals surface area (Å²) >= 11 is 0. The lowest BCUT2D eigenvalue weighted by molar-refractivity contribution is 0.173. The topological polar surface area (TPSA) is 38.2 Å². The largest absolute Gasteiger partial charge is 0.465 e. The Kier molecular flexibility index (Phi) is 3.57. The van der Waals surface area contributed by atoms with E-state index >= 15 is 0 Å². The Balaban J connectivity index is 1.79. The van der Waals surface area contributed by atoms with E-state index in [4.69, 9.17) is 4.74 Å². The zero-order chi connectivity index (χ0) is 18.4. The molecule has 0 aliphatic carbocycles. The van der Waals surface area contributed by atoms with Gasteiger partial charge in [-0.25, -0.2) is 0 Å². The van der Waals surface area contributed by atoms with Gasteiger partial charge in [-0.1, -0.05) is 30.3 Å². The molecule has 2 heterocycles. The molecule has 3 aromatic carbocycles. The van der Waals surface area contributed by atoms with E-state index in [1.165, 1.54) is 16.6 Å². The van der Waals surface area contributed by atoms with Gasteiger partial charge in [0.05, 0.1) is 11.2 Å². The van der Waals surface area contributed by atoms with E-state index in [1.54, 1.807) is 0 Å². The first-order valence-corrected chi connectivity index (χ1v) is 9.15. The highest BCUT2D eigenvalue weighted by atomic mass is 16.5. The van der Waals surface area contributed by atoms with Crippen molar-refractivity contribution in [3.8, 4) is 17.0 Å². The minimum absolute atomic E-state index is 0.196. The summed E-state index contributed by atoms with van der Waals surface area (Å²) in [6.07, 6.45) is -0.196. The Bertz CT molecular complexity index is 1130. The van der Waals surface area contributed by atoms with Crippen molar-refractivity contribution in [1.29, 1.82) is 0 Å². The summed E-state index contributed by atoms with van der Waals surface area (Å²) in [4.78, 5) is 0. The first kappa shape index (κ1) is 15.8. The minimum atomic E-state index is -0.196. The lowest BCUT2D eigenvalue weighted by atomic mass is 10.1. The summed E-state index contributed by atoms with van der Waals surface area (Å²) in [5.74, 6) is 0.903. The van der Waals surface area contributed by atoms with E-state index in [-0.39, 0.29) is 6.23 Å². The van der Waals surface area contributed by atoms with E-state index in [9.17, 15) is 0 Å². The summed E-state index contributed by atoms with van der Waals surface area (Å²) in [5, 5.41) is 7.63. The molecule has 134 valence electrons. The van der Waals surface area contributed by atoms with Crippen LogP contribution in [0.2, 0.25) is 0 Å². The summed E-state index contributed by atoms with van der Waals surface area (Å²) in [6, 6.07) is 25.4. The Morgan fingerprint density at radius 1 is 0.815 bits per heavy atom. The zero-order valence-corrected chi connectivity index (χ0v) is 15.4. The third kappa shape index (κ3) is 2.45. The van der Waals surface area contributed by atoms with Crippen LogP contribution in [0.4, 0.5) is 11.4 Å². The van der Waals surface area contributed by atoms with Gasteiger partial charge in [-0.05, 0) is 36.4 Å². The van der Waals surface area contributed by atoms with Crippen LogP contribution in [0.3, 0.4) is 0 Å². The van der Waals surface area contributed by atoms with Gasteiger partial charge in [0.2, 0.25) is 6.23 Å². The monoisotopic (exact) mass is 355 g/mol. The highest BCUT2D eigenvalue weighted by molar-refractivity contribution is 5.91. The second kappa shape index (κ2) is 6.09. The summed E-state index contributed by atoms with van der Waals surface area (Å²) < 4.78 is 8.81. The maximum Gasteiger partial charge on any atom is 0.203 e.